The highest BCUT2D eigenvalue weighted by Crippen LogP contribution is 2.38. The van der Waals surface area contributed by atoms with Crippen molar-refractivity contribution < 1.29 is 10.2 Å². The summed E-state index contributed by atoms with van der Waals surface area (Å²) in [6, 6.07) is 1.86. The fraction of sp³-hybridized carbons (Fsp3) is 0.111. The number of pyridine rings is 1. The molecule has 15 heavy (non-hydrogen) atoms. The molecule has 6 heteroatoms. The second kappa shape index (κ2) is 3.30. The van der Waals surface area contributed by atoms with Crippen LogP contribution in [0.1, 0.15) is 16.7 Å². The second-order valence-corrected chi connectivity index (χ2v) is 3.72. The third-order valence-corrected chi connectivity index (χ3v) is 2.73. The van der Waals surface area contributed by atoms with Crippen molar-refractivity contribution in [2.75, 3.05) is 0 Å². The molecule has 0 aliphatic heterocycles. The van der Waals surface area contributed by atoms with Crippen LogP contribution in [-0.2, 0) is 6.42 Å². The molecule has 1 aliphatic rings. The predicted octanol–water partition coefficient (Wildman–Crippen LogP) is 2.60. The normalized spacial score (nSPS) is 13.9. The maximum atomic E-state index is 9.49. The minimum Gasteiger partial charge on any atom is -0.508 e. The Bertz CT molecular complexity index is 532. The lowest BCUT2D eigenvalue weighted by molar-refractivity contribution is 0.377. The summed E-state index contributed by atoms with van der Waals surface area (Å²) in [5.41, 5.74) is 0.735. The van der Waals surface area contributed by atoms with Crippen LogP contribution >= 0.6 is 23.2 Å². The summed E-state index contributed by atoms with van der Waals surface area (Å²) >= 11 is 11.5. The first-order chi connectivity index (χ1) is 7.06. The molecule has 0 radical (unpaired) electrons. The van der Waals surface area contributed by atoms with Crippen molar-refractivity contribution >= 4 is 29.0 Å². The number of nitriles is 1. The summed E-state index contributed by atoms with van der Waals surface area (Å²) in [4.78, 5) is 3.70. The van der Waals surface area contributed by atoms with Crippen molar-refractivity contribution in [1.82, 2.24) is 4.98 Å². The number of allylic oxidation sites excluding steroid dienone is 1. The number of fused-ring (bicyclic) bond motifs is 1. The lowest BCUT2D eigenvalue weighted by atomic mass is 10.1. The van der Waals surface area contributed by atoms with Gasteiger partial charge in [-0.2, -0.15) is 5.26 Å². The number of aliphatic hydroxyl groups excluding tert-OH is 2. The number of hydrogen-bond donors (Lipinski definition) is 2. The van der Waals surface area contributed by atoms with E-state index in [-0.39, 0.29) is 39.4 Å². The summed E-state index contributed by atoms with van der Waals surface area (Å²) in [6.07, 6.45) is 0.0476. The summed E-state index contributed by atoms with van der Waals surface area (Å²) < 4.78 is 0. The molecule has 0 amide bonds. The average Bonchev–Trinajstić information content (AvgIpc) is 2.44. The molecule has 0 bridgehead atoms. The Hall–Kier alpha value is -1.44. The molecule has 0 fully saturated rings. The summed E-state index contributed by atoms with van der Waals surface area (Å²) in [7, 11) is 0. The van der Waals surface area contributed by atoms with Gasteiger partial charge in [-0.15, -0.1) is 0 Å². The molecule has 0 atom stereocenters. The highest BCUT2D eigenvalue weighted by atomic mass is 35.5. The molecule has 2 N–H and O–H groups in total. The number of aliphatic hydroxyl groups is 2. The Kier molecular flexibility index (Phi) is 2.22. The molecular formula is C9H4Cl2N2O2. The Morgan fingerprint density at radius 2 is 1.93 bits per heavy atom. The molecule has 4 nitrogen and oxygen atoms in total. The van der Waals surface area contributed by atoms with Crippen LogP contribution in [0, 0.1) is 11.3 Å². The van der Waals surface area contributed by atoms with Gasteiger partial charge >= 0.3 is 0 Å². The Labute approximate surface area is 95.0 Å². The van der Waals surface area contributed by atoms with Gasteiger partial charge in [-0.1, -0.05) is 23.2 Å². The molecule has 1 aromatic rings. The van der Waals surface area contributed by atoms with Gasteiger partial charge in [0.2, 0.25) is 0 Å². The highest BCUT2D eigenvalue weighted by Gasteiger charge is 2.29. The fourth-order valence-corrected chi connectivity index (χ4v) is 2.07. The molecule has 0 saturated carbocycles. The topological polar surface area (TPSA) is 77.1 Å². The zero-order chi connectivity index (χ0) is 11.2. The fourth-order valence-electron chi connectivity index (χ4n) is 1.50. The van der Waals surface area contributed by atoms with Gasteiger partial charge in [-0.05, 0) is 5.56 Å². The van der Waals surface area contributed by atoms with E-state index < -0.39 is 0 Å². The SMILES string of the molecule is N#Cc1c(Cl)nc(Cl)c2c1CC(O)=C2O. The van der Waals surface area contributed by atoms with E-state index in [9.17, 15) is 10.2 Å². The van der Waals surface area contributed by atoms with E-state index in [1.165, 1.54) is 0 Å². The molecule has 2 rings (SSSR count). The van der Waals surface area contributed by atoms with E-state index in [1.807, 2.05) is 6.07 Å². The molecule has 0 spiro atoms. The van der Waals surface area contributed by atoms with Crippen molar-refractivity contribution in [3.63, 3.8) is 0 Å². The number of halogens is 2. The average molecular weight is 243 g/mol. The number of nitrogens with zero attached hydrogens (tertiary/aromatic N) is 2. The minimum absolute atomic E-state index is 0.0180. The molecule has 0 unspecified atom stereocenters. The van der Waals surface area contributed by atoms with Crippen LogP contribution in [0.3, 0.4) is 0 Å². The van der Waals surface area contributed by atoms with E-state index in [0.717, 1.165) is 0 Å². The van der Waals surface area contributed by atoms with Gasteiger partial charge < -0.3 is 10.2 Å². The van der Waals surface area contributed by atoms with Gasteiger partial charge in [-0.3, -0.25) is 0 Å². The smallest absolute Gasteiger partial charge is 0.164 e. The van der Waals surface area contributed by atoms with Crippen molar-refractivity contribution in [3.05, 3.63) is 32.8 Å². The highest BCUT2D eigenvalue weighted by molar-refractivity contribution is 6.34. The Morgan fingerprint density at radius 1 is 1.27 bits per heavy atom. The first kappa shape index (κ1) is 10.1. The van der Waals surface area contributed by atoms with Crippen LogP contribution in [0.15, 0.2) is 5.76 Å². The van der Waals surface area contributed by atoms with Gasteiger partial charge in [0, 0.05) is 6.42 Å². The maximum absolute atomic E-state index is 9.49. The maximum Gasteiger partial charge on any atom is 0.164 e. The molecular weight excluding hydrogens is 239 g/mol. The second-order valence-electron chi connectivity index (χ2n) is 3.01. The first-order valence-electron chi connectivity index (χ1n) is 3.95. The quantitative estimate of drug-likeness (QED) is 0.686. The van der Waals surface area contributed by atoms with Crippen LogP contribution in [0.25, 0.3) is 5.76 Å². The Morgan fingerprint density at radius 3 is 2.53 bits per heavy atom. The zero-order valence-electron chi connectivity index (χ0n) is 7.25. The van der Waals surface area contributed by atoms with Gasteiger partial charge in [0.15, 0.2) is 5.76 Å². The lowest BCUT2D eigenvalue weighted by Gasteiger charge is -2.05. The summed E-state index contributed by atoms with van der Waals surface area (Å²) in [5.74, 6) is -0.567. The van der Waals surface area contributed by atoms with E-state index in [1.54, 1.807) is 0 Å². The zero-order valence-corrected chi connectivity index (χ0v) is 8.76. The van der Waals surface area contributed by atoms with Crippen LogP contribution < -0.4 is 0 Å². The lowest BCUT2D eigenvalue weighted by Crippen LogP contribution is -1.96. The van der Waals surface area contributed by atoms with Crippen LogP contribution in [-0.4, -0.2) is 15.2 Å². The number of hydrogen-bond acceptors (Lipinski definition) is 4. The molecule has 1 heterocycles. The van der Waals surface area contributed by atoms with Gasteiger partial charge in [0.25, 0.3) is 0 Å². The van der Waals surface area contributed by atoms with E-state index in [0.29, 0.717) is 5.56 Å². The first-order valence-corrected chi connectivity index (χ1v) is 4.71. The number of aromatic nitrogens is 1. The minimum atomic E-state index is -0.337. The van der Waals surface area contributed by atoms with Crippen molar-refractivity contribution in [2.45, 2.75) is 6.42 Å². The molecule has 0 saturated heterocycles. The largest absolute Gasteiger partial charge is 0.508 e. The van der Waals surface area contributed by atoms with Crippen LogP contribution in [0.4, 0.5) is 0 Å². The molecule has 76 valence electrons. The van der Waals surface area contributed by atoms with Crippen LogP contribution in [0.5, 0.6) is 0 Å². The monoisotopic (exact) mass is 242 g/mol. The van der Waals surface area contributed by atoms with E-state index >= 15 is 0 Å². The molecule has 1 aromatic heterocycles. The predicted molar refractivity (Wildman–Crippen MR) is 54.9 cm³/mol. The van der Waals surface area contributed by atoms with Crippen molar-refractivity contribution in [1.29, 1.82) is 5.26 Å². The number of rotatable bonds is 0. The third-order valence-electron chi connectivity index (χ3n) is 2.18. The van der Waals surface area contributed by atoms with Gasteiger partial charge in [-0.25, -0.2) is 4.98 Å². The van der Waals surface area contributed by atoms with E-state index in [4.69, 9.17) is 28.5 Å². The van der Waals surface area contributed by atoms with Crippen LogP contribution in [0.2, 0.25) is 10.3 Å². The standard InChI is InChI=1S/C9H4Cl2N2O2/c10-8-4(2-12)3-1-5(14)7(15)6(3)9(11)13-8/h14-15H,1H2. The molecule has 1 aliphatic carbocycles. The Balaban J connectivity index is 2.80. The summed E-state index contributed by atoms with van der Waals surface area (Å²) in [6.45, 7) is 0. The van der Waals surface area contributed by atoms with Gasteiger partial charge in [0.05, 0.1) is 11.1 Å². The van der Waals surface area contributed by atoms with Crippen molar-refractivity contribution in [2.24, 2.45) is 0 Å². The summed E-state index contributed by atoms with van der Waals surface area (Å²) in [5, 5.41) is 27.6. The van der Waals surface area contributed by atoms with Crippen molar-refractivity contribution in [3.8, 4) is 6.07 Å². The van der Waals surface area contributed by atoms with E-state index in [2.05, 4.69) is 4.98 Å². The third kappa shape index (κ3) is 1.32. The van der Waals surface area contributed by atoms with Gasteiger partial charge in [0.1, 0.15) is 22.1 Å². The molecule has 0 aromatic carbocycles.